The molecule has 0 saturated heterocycles. The van der Waals surface area contributed by atoms with Gasteiger partial charge in [0.15, 0.2) is 4.33 Å². The minimum absolute atomic E-state index is 0.0349. The molecule has 6 unspecified atom stereocenters. The van der Waals surface area contributed by atoms with Crippen LogP contribution in [0.5, 0.6) is 0 Å². The van der Waals surface area contributed by atoms with Crippen molar-refractivity contribution < 1.29 is 19.4 Å². The molecule has 2 saturated carbocycles. The number of carboxylic acid groups (broad SMARTS) is 1. The molecule has 134 valence electrons. The average Bonchev–Trinajstić information content (AvgIpc) is 2.73. The summed E-state index contributed by atoms with van der Waals surface area (Å²) in [6.45, 7) is 0. The van der Waals surface area contributed by atoms with E-state index >= 15 is 0 Å². The van der Waals surface area contributed by atoms with Crippen molar-refractivity contribution in [2.45, 2.75) is 26.9 Å². The average molecular weight is 457 g/mol. The quantitative estimate of drug-likeness (QED) is 0.495. The zero-order chi connectivity index (χ0) is 18.2. The summed E-state index contributed by atoms with van der Waals surface area (Å²) in [6, 6.07) is 0. The molecule has 10 heteroatoms. The molecule has 0 aliphatic heterocycles. The van der Waals surface area contributed by atoms with E-state index < -0.39 is 49.7 Å². The molecule has 0 aromatic rings. The molecule has 0 aromatic heterocycles. The number of esters is 1. The Morgan fingerprint density at radius 2 is 1.42 bits per heavy atom. The van der Waals surface area contributed by atoms with Gasteiger partial charge in [0.25, 0.3) is 0 Å². The van der Waals surface area contributed by atoms with Crippen molar-refractivity contribution in [3.63, 3.8) is 0 Å². The summed E-state index contributed by atoms with van der Waals surface area (Å²) in [5.41, 5.74) is 0. The fourth-order valence-corrected chi connectivity index (χ4v) is 7.53. The molecule has 1 N–H and O–H groups in total. The minimum Gasteiger partial charge on any atom is -0.481 e. The topological polar surface area (TPSA) is 63.6 Å². The Morgan fingerprint density at radius 3 is 1.79 bits per heavy atom. The standard InChI is InChI=1S/C14H12Cl6O4/c1-24-11(23)5-3-7-6(2-4(5)10(21)22)12(17)8(15)9(16)13(7,18)14(12,19)20/h4-7H,2-3H2,1H3,(H,21,22). The van der Waals surface area contributed by atoms with E-state index in [9.17, 15) is 14.7 Å². The van der Waals surface area contributed by atoms with Crippen LogP contribution in [0.25, 0.3) is 0 Å². The van der Waals surface area contributed by atoms with Crippen LogP contribution in [0.2, 0.25) is 0 Å². The first-order valence-corrected chi connectivity index (χ1v) is 9.35. The Balaban J connectivity index is 2.13. The molecular formula is C14H12Cl6O4. The smallest absolute Gasteiger partial charge is 0.309 e. The molecule has 0 heterocycles. The molecule has 4 nitrogen and oxygen atoms in total. The molecule has 0 radical (unpaired) electrons. The maximum absolute atomic E-state index is 12.1. The number of aliphatic carboxylic acids is 1. The van der Waals surface area contributed by atoms with Crippen LogP contribution in [0.15, 0.2) is 10.1 Å². The van der Waals surface area contributed by atoms with Crippen molar-refractivity contribution in [2.75, 3.05) is 7.11 Å². The van der Waals surface area contributed by atoms with Crippen molar-refractivity contribution in [1.82, 2.24) is 0 Å². The molecule has 3 aliphatic rings. The molecule has 24 heavy (non-hydrogen) atoms. The van der Waals surface area contributed by atoms with Gasteiger partial charge in [-0.3, -0.25) is 9.59 Å². The monoisotopic (exact) mass is 454 g/mol. The van der Waals surface area contributed by atoms with Gasteiger partial charge in [0, 0.05) is 0 Å². The number of halogens is 6. The zero-order valence-electron chi connectivity index (χ0n) is 12.2. The lowest BCUT2D eigenvalue weighted by atomic mass is 9.64. The lowest BCUT2D eigenvalue weighted by molar-refractivity contribution is -0.160. The van der Waals surface area contributed by atoms with Gasteiger partial charge in [-0.2, -0.15) is 0 Å². The highest BCUT2D eigenvalue weighted by molar-refractivity contribution is 6.65. The second-order valence-corrected chi connectivity index (χ2v) is 9.66. The number of rotatable bonds is 2. The summed E-state index contributed by atoms with van der Waals surface area (Å²) < 4.78 is 3.01. The Bertz CT molecular complexity index is 664. The molecule has 3 aliphatic carbocycles. The van der Waals surface area contributed by atoms with Crippen molar-refractivity contribution in [1.29, 1.82) is 0 Å². The number of hydrogen-bond donors (Lipinski definition) is 1. The van der Waals surface area contributed by atoms with Crippen LogP contribution in [0.4, 0.5) is 0 Å². The molecule has 2 fully saturated rings. The number of methoxy groups -OCH3 is 1. The summed E-state index contributed by atoms with van der Waals surface area (Å²) in [5.74, 6) is -4.70. The fourth-order valence-electron chi connectivity index (χ4n) is 4.42. The van der Waals surface area contributed by atoms with Crippen LogP contribution in [-0.4, -0.2) is 38.2 Å². The van der Waals surface area contributed by atoms with E-state index in [-0.39, 0.29) is 22.9 Å². The number of carbonyl (C=O) groups is 2. The van der Waals surface area contributed by atoms with Crippen LogP contribution in [0.1, 0.15) is 12.8 Å². The van der Waals surface area contributed by atoms with Gasteiger partial charge in [0.1, 0.15) is 9.75 Å². The Kier molecular flexibility index (Phi) is 4.56. The summed E-state index contributed by atoms with van der Waals surface area (Å²) in [6.07, 6.45) is 0.132. The zero-order valence-corrected chi connectivity index (χ0v) is 16.7. The van der Waals surface area contributed by atoms with E-state index in [1.54, 1.807) is 0 Å². The SMILES string of the molecule is COC(=O)C1CC2C(CC1C(=O)O)C1(Cl)C(Cl)=C(Cl)C2(Cl)C1(Cl)Cl. The first-order valence-electron chi connectivity index (χ1n) is 7.08. The van der Waals surface area contributed by atoms with Crippen LogP contribution >= 0.6 is 69.6 Å². The van der Waals surface area contributed by atoms with Crippen LogP contribution in [0, 0.1) is 23.7 Å². The number of alkyl halides is 4. The van der Waals surface area contributed by atoms with E-state index in [1.165, 1.54) is 7.11 Å². The molecule has 3 rings (SSSR count). The summed E-state index contributed by atoms with van der Waals surface area (Å²) >= 11 is 39.0. The van der Waals surface area contributed by atoms with Crippen LogP contribution in [0.3, 0.4) is 0 Å². The van der Waals surface area contributed by atoms with Gasteiger partial charge < -0.3 is 9.84 Å². The van der Waals surface area contributed by atoms with Gasteiger partial charge in [-0.1, -0.05) is 46.4 Å². The number of carboxylic acids is 1. The van der Waals surface area contributed by atoms with Crippen molar-refractivity contribution in [3.8, 4) is 0 Å². The third-order valence-electron chi connectivity index (χ3n) is 5.58. The molecular weight excluding hydrogens is 445 g/mol. The highest BCUT2D eigenvalue weighted by Gasteiger charge is 2.83. The normalized spacial score (nSPS) is 46.0. The van der Waals surface area contributed by atoms with Gasteiger partial charge in [0.05, 0.1) is 29.0 Å². The van der Waals surface area contributed by atoms with Crippen molar-refractivity contribution in [2.24, 2.45) is 23.7 Å². The fraction of sp³-hybridized carbons (Fsp3) is 0.714. The van der Waals surface area contributed by atoms with Gasteiger partial charge >= 0.3 is 11.9 Å². The van der Waals surface area contributed by atoms with Crippen molar-refractivity contribution in [3.05, 3.63) is 10.1 Å². The molecule has 0 amide bonds. The van der Waals surface area contributed by atoms with E-state index in [4.69, 9.17) is 74.3 Å². The summed E-state index contributed by atoms with van der Waals surface area (Å²) in [4.78, 5) is 20.7. The highest BCUT2D eigenvalue weighted by atomic mass is 35.5. The number of hydrogen-bond acceptors (Lipinski definition) is 3. The Labute approximate surface area is 168 Å². The van der Waals surface area contributed by atoms with E-state index in [2.05, 4.69) is 0 Å². The molecule has 6 atom stereocenters. The van der Waals surface area contributed by atoms with Crippen molar-refractivity contribution >= 4 is 81.5 Å². The van der Waals surface area contributed by atoms with Gasteiger partial charge in [-0.25, -0.2) is 0 Å². The van der Waals surface area contributed by atoms with E-state index in [1.807, 2.05) is 0 Å². The second-order valence-electron chi connectivity index (χ2n) is 6.38. The highest BCUT2D eigenvalue weighted by Crippen LogP contribution is 2.78. The number of carbonyl (C=O) groups excluding carboxylic acids is 1. The lowest BCUT2D eigenvalue weighted by Gasteiger charge is -2.44. The third kappa shape index (κ3) is 1.96. The first kappa shape index (κ1) is 19.2. The van der Waals surface area contributed by atoms with Gasteiger partial charge in [-0.15, -0.1) is 23.2 Å². The maximum atomic E-state index is 12.1. The largest absolute Gasteiger partial charge is 0.481 e. The molecule has 2 bridgehead atoms. The number of ether oxygens (including phenoxy) is 1. The number of allylic oxidation sites excluding steroid dienone is 2. The Hall–Kier alpha value is 0.420. The van der Waals surface area contributed by atoms with Gasteiger partial charge in [-0.05, 0) is 24.7 Å². The predicted octanol–water partition coefficient (Wildman–Crippen LogP) is 4.35. The number of fused-ring (bicyclic) bond motifs is 5. The van der Waals surface area contributed by atoms with Crippen LogP contribution < -0.4 is 0 Å². The van der Waals surface area contributed by atoms with E-state index in [0.717, 1.165) is 0 Å². The lowest BCUT2D eigenvalue weighted by Crippen LogP contribution is -2.47. The maximum Gasteiger partial charge on any atom is 0.309 e. The molecule has 0 aromatic carbocycles. The van der Waals surface area contributed by atoms with Gasteiger partial charge in [0.2, 0.25) is 0 Å². The summed E-state index contributed by atoms with van der Waals surface area (Å²) in [5, 5.41) is 9.60. The Morgan fingerprint density at radius 1 is 1.00 bits per heavy atom. The van der Waals surface area contributed by atoms with E-state index in [0.29, 0.717) is 0 Å². The molecule has 0 spiro atoms. The third-order valence-corrected chi connectivity index (χ3v) is 9.92. The predicted molar refractivity (Wildman–Crippen MR) is 93.2 cm³/mol. The minimum atomic E-state index is -1.74. The first-order chi connectivity index (χ1) is 11.0. The van der Waals surface area contributed by atoms with Crippen LogP contribution in [-0.2, 0) is 14.3 Å². The second kappa shape index (κ2) is 5.71. The summed E-state index contributed by atoms with van der Waals surface area (Å²) in [7, 11) is 1.20.